The number of imidazole rings is 1. The predicted octanol–water partition coefficient (Wildman–Crippen LogP) is 5.54. The van der Waals surface area contributed by atoms with Crippen molar-refractivity contribution >= 4 is 40.6 Å². The fourth-order valence-electron chi connectivity index (χ4n) is 3.19. The maximum absolute atomic E-state index is 12.7. The van der Waals surface area contributed by atoms with E-state index in [2.05, 4.69) is 15.6 Å². The molecule has 2 N–H and O–H groups in total. The second kappa shape index (κ2) is 9.70. The van der Waals surface area contributed by atoms with E-state index in [-0.39, 0.29) is 11.8 Å². The Morgan fingerprint density at radius 1 is 1.03 bits per heavy atom. The molecule has 32 heavy (non-hydrogen) atoms. The number of carbonyl (C=O) groups is 2. The summed E-state index contributed by atoms with van der Waals surface area (Å²) < 4.78 is 2.01. The molecule has 2 amide bonds. The molecule has 0 radical (unpaired) electrons. The Hall–Kier alpha value is -3.58. The van der Waals surface area contributed by atoms with Crippen LogP contribution in [0.25, 0.3) is 5.65 Å². The standard InChI is InChI=1S/C25H24N4O2S/c1-3-24(30)27-19-10-7-17(2)22(14-19)28-25(31)18-8-11-21(12-9-18)32-16-20-15-29-13-5-4-6-23(29)26-20/h4-15H,3,16H2,1-2H3,(H,27,30)(H,28,31). The van der Waals surface area contributed by atoms with E-state index in [1.165, 1.54) is 0 Å². The van der Waals surface area contributed by atoms with Gasteiger partial charge in [0.1, 0.15) is 5.65 Å². The van der Waals surface area contributed by atoms with Gasteiger partial charge in [-0.15, -0.1) is 11.8 Å². The molecule has 0 saturated carbocycles. The number of carbonyl (C=O) groups excluding carboxylic acids is 2. The molecule has 0 aliphatic rings. The Kier molecular flexibility index (Phi) is 6.56. The minimum absolute atomic E-state index is 0.0668. The Morgan fingerprint density at radius 2 is 1.84 bits per heavy atom. The zero-order valence-electron chi connectivity index (χ0n) is 18.0. The summed E-state index contributed by atoms with van der Waals surface area (Å²) in [7, 11) is 0. The van der Waals surface area contributed by atoms with Gasteiger partial charge in [0.05, 0.1) is 5.69 Å². The third-order valence-corrected chi connectivity index (χ3v) is 6.05. The highest BCUT2D eigenvalue weighted by Crippen LogP contribution is 2.24. The van der Waals surface area contributed by atoms with Gasteiger partial charge in [-0.3, -0.25) is 9.59 Å². The zero-order chi connectivity index (χ0) is 22.5. The number of benzene rings is 2. The van der Waals surface area contributed by atoms with E-state index in [4.69, 9.17) is 0 Å². The molecule has 6 nitrogen and oxygen atoms in total. The van der Waals surface area contributed by atoms with Crippen molar-refractivity contribution in [3.05, 3.63) is 89.9 Å². The van der Waals surface area contributed by atoms with Gasteiger partial charge in [0, 0.05) is 46.4 Å². The van der Waals surface area contributed by atoms with E-state index in [0.717, 1.165) is 27.6 Å². The maximum Gasteiger partial charge on any atom is 0.255 e. The Morgan fingerprint density at radius 3 is 2.59 bits per heavy atom. The van der Waals surface area contributed by atoms with Crippen molar-refractivity contribution in [1.82, 2.24) is 9.38 Å². The number of hydrogen-bond donors (Lipinski definition) is 2. The molecule has 0 saturated heterocycles. The van der Waals surface area contributed by atoms with Crippen LogP contribution in [0, 0.1) is 6.92 Å². The number of rotatable bonds is 7. The van der Waals surface area contributed by atoms with E-state index in [9.17, 15) is 9.59 Å². The smallest absolute Gasteiger partial charge is 0.255 e. The summed E-state index contributed by atoms with van der Waals surface area (Å²) in [6.45, 7) is 3.71. The highest BCUT2D eigenvalue weighted by Gasteiger charge is 2.10. The molecule has 2 aromatic heterocycles. The van der Waals surface area contributed by atoms with Gasteiger partial charge in [-0.05, 0) is 61.0 Å². The van der Waals surface area contributed by atoms with Crippen LogP contribution < -0.4 is 10.6 Å². The number of pyridine rings is 1. The normalized spacial score (nSPS) is 10.8. The number of nitrogens with one attached hydrogen (secondary N) is 2. The molecule has 4 rings (SSSR count). The molecular formula is C25H24N4O2S. The first-order chi connectivity index (χ1) is 15.5. The van der Waals surface area contributed by atoms with Gasteiger partial charge in [0.2, 0.25) is 5.91 Å². The number of nitrogens with zero attached hydrogens (tertiary/aromatic N) is 2. The summed E-state index contributed by atoms with van der Waals surface area (Å²) in [5, 5.41) is 5.76. The fourth-order valence-corrected chi connectivity index (χ4v) is 3.98. The number of aryl methyl sites for hydroxylation is 1. The second-order valence-corrected chi connectivity index (χ2v) is 8.45. The number of aromatic nitrogens is 2. The fraction of sp³-hybridized carbons (Fsp3) is 0.160. The molecule has 0 aliphatic heterocycles. The molecule has 0 fully saturated rings. The highest BCUT2D eigenvalue weighted by molar-refractivity contribution is 7.98. The van der Waals surface area contributed by atoms with Gasteiger partial charge in [0.15, 0.2) is 0 Å². The van der Waals surface area contributed by atoms with Gasteiger partial charge >= 0.3 is 0 Å². The lowest BCUT2D eigenvalue weighted by Crippen LogP contribution is -2.14. The van der Waals surface area contributed by atoms with E-state index in [1.54, 1.807) is 24.8 Å². The van der Waals surface area contributed by atoms with Gasteiger partial charge in [-0.25, -0.2) is 4.98 Å². The lowest BCUT2D eigenvalue weighted by atomic mass is 10.1. The minimum Gasteiger partial charge on any atom is -0.326 e. The van der Waals surface area contributed by atoms with Gasteiger partial charge < -0.3 is 15.0 Å². The number of amides is 2. The molecule has 162 valence electrons. The molecule has 0 spiro atoms. The van der Waals surface area contributed by atoms with Crippen molar-refractivity contribution in [3.63, 3.8) is 0 Å². The number of anilines is 2. The lowest BCUT2D eigenvalue weighted by Gasteiger charge is -2.11. The maximum atomic E-state index is 12.7. The van der Waals surface area contributed by atoms with Crippen LogP contribution >= 0.6 is 11.8 Å². The van der Waals surface area contributed by atoms with Crippen molar-refractivity contribution < 1.29 is 9.59 Å². The van der Waals surface area contributed by atoms with Gasteiger partial charge in [-0.2, -0.15) is 0 Å². The highest BCUT2D eigenvalue weighted by atomic mass is 32.2. The first-order valence-corrected chi connectivity index (χ1v) is 11.4. The van der Waals surface area contributed by atoms with E-state index in [0.29, 0.717) is 23.4 Å². The topological polar surface area (TPSA) is 75.5 Å². The average Bonchev–Trinajstić information content (AvgIpc) is 3.23. The summed E-state index contributed by atoms with van der Waals surface area (Å²) >= 11 is 1.68. The van der Waals surface area contributed by atoms with Gasteiger partial charge in [-0.1, -0.05) is 19.1 Å². The summed E-state index contributed by atoms with van der Waals surface area (Å²) in [5.74, 6) is 0.495. The number of fused-ring (bicyclic) bond motifs is 1. The van der Waals surface area contributed by atoms with Crippen LogP contribution in [0.5, 0.6) is 0 Å². The van der Waals surface area contributed by atoms with E-state index >= 15 is 0 Å². The van der Waals surface area contributed by atoms with E-state index < -0.39 is 0 Å². The van der Waals surface area contributed by atoms with Crippen LogP contribution in [0.4, 0.5) is 11.4 Å². The summed E-state index contributed by atoms with van der Waals surface area (Å²) in [6, 6.07) is 18.9. The molecule has 0 aliphatic carbocycles. The summed E-state index contributed by atoms with van der Waals surface area (Å²) in [4.78, 5) is 30.0. The van der Waals surface area contributed by atoms with Crippen LogP contribution in [0.1, 0.15) is 35.0 Å². The van der Waals surface area contributed by atoms with Crippen molar-refractivity contribution in [3.8, 4) is 0 Å². The zero-order valence-corrected chi connectivity index (χ0v) is 18.8. The third-order valence-electron chi connectivity index (χ3n) is 5.01. The van der Waals surface area contributed by atoms with Crippen LogP contribution in [-0.2, 0) is 10.5 Å². The first-order valence-electron chi connectivity index (χ1n) is 10.4. The molecule has 4 aromatic rings. The van der Waals surface area contributed by atoms with Crippen LogP contribution in [0.2, 0.25) is 0 Å². The SMILES string of the molecule is CCC(=O)Nc1ccc(C)c(NC(=O)c2ccc(SCc3cn4ccccc4n3)cc2)c1. The molecule has 0 unspecified atom stereocenters. The number of thioether (sulfide) groups is 1. The first kappa shape index (κ1) is 21.6. The third kappa shape index (κ3) is 5.18. The van der Waals surface area contributed by atoms with Crippen LogP contribution in [0.15, 0.2) is 78.0 Å². The van der Waals surface area contributed by atoms with Crippen molar-refractivity contribution in [2.45, 2.75) is 30.9 Å². The van der Waals surface area contributed by atoms with Crippen LogP contribution in [-0.4, -0.2) is 21.2 Å². The largest absolute Gasteiger partial charge is 0.326 e. The summed E-state index contributed by atoms with van der Waals surface area (Å²) in [6.07, 6.45) is 4.42. The number of hydrogen-bond acceptors (Lipinski definition) is 4. The van der Waals surface area contributed by atoms with Crippen LogP contribution in [0.3, 0.4) is 0 Å². The Bertz CT molecular complexity index is 1230. The van der Waals surface area contributed by atoms with Crippen molar-refractivity contribution in [2.75, 3.05) is 10.6 Å². The second-order valence-electron chi connectivity index (χ2n) is 7.40. The molecule has 2 heterocycles. The lowest BCUT2D eigenvalue weighted by molar-refractivity contribution is -0.115. The van der Waals surface area contributed by atoms with E-state index in [1.807, 2.05) is 78.3 Å². The van der Waals surface area contributed by atoms with Crippen molar-refractivity contribution in [1.29, 1.82) is 0 Å². The molecule has 0 atom stereocenters. The quantitative estimate of drug-likeness (QED) is 0.367. The minimum atomic E-state index is -0.191. The Labute approximate surface area is 191 Å². The molecule has 2 aromatic carbocycles. The predicted molar refractivity (Wildman–Crippen MR) is 129 cm³/mol. The molecule has 7 heteroatoms. The average molecular weight is 445 g/mol. The monoisotopic (exact) mass is 444 g/mol. The Balaban J connectivity index is 1.38. The summed E-state index contributed by atoms with van der Waals surface area (Å²) in [5.41, 5.74) is 4.78. The molecular weight excluding hydrogens is 420 g/mol. The van der Waals surface area contributed by atoms with Crippen molar-refractivity contribution in [2.24, 2.45) is 0 Å². The molecule has 0 bridgehead atoms. The van der Waals surface area contributed by atoms with Gasteiger partial charge in [0.25, 0.3) is 5.91 Å².